The molecule has 3 saturated carbocycles. The van der Waals surface area contributed by atoms with Gasteiger partial charge >= 0.3 is 5.97 Å². The van der Waals surface area contributed by atoms with Crippen LogP contribution in [0.1, 0.15) is 126 Å². The van der Waals surface area contributed by atoms with Gasteiger partial charge in [-0.15, -0.1) is 0 Å². The maximum Gasteiger partial charge on any atom is 0.313 e. The number of Topliss-reactive ketones (excluding diaryl/α,β-unsaturated/α-hetero) is 1. The molecule has 0 spiro atoms. The highest BCUT2D eigenvalue weighted by atomic mass is 16.5. The van der Waals surface area contributed by atoms with Gasteiger partial charge < -0.3 is 4.74 Å². The summed E-state index contributed by atoms with van der Waals surface area (Å²) in [6, 6.07) is 0. The number of allylic oxidation sites excluding steroid dienone is 1. The lowest BCUT2D eigenvalue weighted by atomic mass is 9.47. The van der Waals surface area contributed by atoms with Crippen molar-refractivity contribution in [2.24, 2.45) is 52.3 Å². The Morgan fingerprint density at radius 2 is 1.72 bits per heavy atom. The van der Waals surface area contributed by atoms with Gasteiger partial charge in [0.05, 0.1) is 0 Å². The van der Waals surface area contributed by atoms with Gasteiger partial charge in [0.2, 0.25) is 0 Å². The van der Waals surface area contributed by atoms with Crippen molar-refractivity contribution in [2.75, 3.05) is 0 Å². The van der Waals surface area contributed by atoms with Gasteiger partial charge in [-0.2, -0.15) is 0 Å². The molecular formula is C33H54O3. The summed E-state index contributed by atoms with van der Waals surface area (Å²) < 4.78 is 5.81. The number of hydrogen-bond donors (Lipinski definition) is 0. The molecule has 0 aromatic rings. The van der Waals surface area contributed by atoms with Crippen LogP contribution < -0.4 is 0 Å². The maximum absolute atomic E-state index is 12.4. The summed E-state index contributed by atoms with van der Waals surface area (Å²) in [6.07, 6.45) is 16.4. The molecule has 8 atom stereocenters. The lowest BCUT2D eigenvalue weighted by molar-refractivity contribution is -0.153. The van der Waals surface area contributed by atoms with E-state index in [0.717, 1.165) is 54.8 Å². The van der Waals surface area contributed by atoms with Crippen molar-refractivity contribution in [3.05, 3.63) is 11.6 Å². The van der Waals surface area contributed by atoms with Crippen LogP contribution in [0.5, 0.6) is 0 Å². The number of ketones is 1. The van der Waals surface area contributed by atoms with Crippen LogP contribution in [0.2, 0.25) is 0 Å². The molecule has 0 aliphatic heterocycles. The minimum atomic E-state index is -0.329. The largest absolute Gasteiger partial charge is 0.462 e. The number of rotatable bonds is 9. The molecule has 0 aromatic heterocycles. The predicted octanol–water partition coefficient (Wildman–Crippen LogP) is 8.55. The summed E-state index contributed by atoms with van der Waals surface area (Å²) in [6.45, 7) is 16.2. The summed E-state index contributed by atoms with van der Waals surface area (Å²) in [5.41, 5.74) is 2.33. The molecule has 204 valence electrons. The zero-order valence-corrected chi connectivity index (χ0v) is 24.4. The first-order valence-corrected chi connectivity index (χ1v) is 15.4. The van der Waals surface area contributed by atoms with Crippen LogP contribution in [0.25, 0.3) is 0 Å². The van der Waals surface area contributed by atoms with Crippen molar-refractivity contribution < 1.29 is 14.3 Å². The minimum Gasteiger partial charge on any atom is -0.462 e. The Hall–Kier alpha value is -1.12. The van der Waals surface area contributed by atoms with Gasteiger partial charge in [0.25, 0.3) is 0 Å². The van der Waals surface area contributed by atoms with Gasteiger partial charge in [0.15, 0.2) is 0 Å². The van der Waals surface area contributed by atoms with Gasteiger partial charge in [-0.3, -0.25) is 9.59 Å². The number of fused-ring (bicyclic) bond motifs is 5. The molecule has 0 bridgehead atoms. The highest BCUT2D eigenvalue weighted by Crippen LogP contribution is 2.67. The molecule has 36 heavy (non-hydrogen) atoms. The number of esters is 1. The van der Waals surface area contributed by atoms with Crippen molar-refractivity contribution in [1.82, 2.24) is 0 Å². The Kier molecular flexibility index (Phi) is 8.47. The Morgan fingerprint density at radius 1 is 0.972 bits per heavy atom. The summed E-state index contributed by atoms with van der Waals surface area (Å²) >= 11 is 0. The van der Waals surface area contributed by atoms with E-state index in [9.17, 15) is 9.59 Å². The molecule has 0 saturated heterocycles. The van der Waals surface area contributed by atoms with Crippen LogP contribution >= 0.6 is 0 Å². The summed E-state index contributed by atoms with van der Waals surface area (Å²) in [5.74, 6) is 4.61. The third kappa shape index (κ3) is 5.37. The highest BCUT2D eigenvalue weighted by Gasteiger charge is 2.59. The van der Waals surface area contributed by atoms with Crippen molar-refractivity contribution in [3.63, 3.8) is 0 Å². The fourth-order valence-corrected chi connectivity index (χ4v) is 9.33. The normalized spacial score (nSPS) is 38.7. The van der Waals surface area contributed by atoms with Crippen LogP contribution in [0.15, 0.2) is 11.6 Å². The van der Waals surface area contributed by atoms with E-state index in [-0.39, 0.29) is 35.6 Å². The summed E-state index contributed by atoms with van der Waals surface area (Å²) in [4.78, 5) is 24.4. The molecule has 3 heteroatoms. The van der Waals surface area contributed by atoms with Crippen molar-refractivity contribution in [1.29, 1.82) is 0 Å². The van der Waals surface area contributed by atoms with E-state index in [0.29, 0.717) is 5.41 Å². The number of carbonyl (C=O) groups is 2. The second-order valence-electron chi connectivity index (χ2n) is 14.4. The first-order chi connectivity index (χ1) is 17.0. The van der Waals surface area contributed by atoms with Crippen molar-refractivity contribution in [2.45, 2.75) is 132 Å². The average Bonchev–Trinajstić information content (AvgIpc) is 3.16. The lowest BCUT2D eigenvalue weighted by Gasteiger charge is -2.58. The maximum atomic E-state index is 12.4. The third-order valence-electron chi connectivity index (χ3n) is 11.5. The second kappa shape index (κ2) is 10.9. The van der Waals surface area contributed by atoms with Crippen LogP contribution in [0.4, 0.5) is 0 Å². The first-order valence-electron chi connectivity index (χ1n) is 15.4. The van der Waals surface area contributed by atoms with Crippen molar-refractivity contribution >= 4 is 11.8 Å². The Morgan fingerprint density at radius 3 is 2.42 bits per heavy atom. The monoisotopic (exact) mass is 498 g/mol. The quantitative estimate of drug-likeness (QED) is 0.182. The summed E-state index contributed by atoms with van der Waals surface area (Å²) in [7, 11) is 0. The van der Waals surface area contributed by atoms with Crippen LogP contribution in [-0.4, -0.2) is 17.9 Å². The Balaban J connectivity index is 1.40. The molecule has 0 radical (unpaired) electrons. The van der Waals surface area contributed by atoms with Crippen LogP contribution in [0.3, 0.4) is 0 Å². The Bertz CT molecular complexity index is 840. The topological polar surface area (TPSA) is 43.4 Å². The molecule has 0 N–H and O–H groups in total. The summed E-state index contributed by atoms with van der Waals surface area (Å²) in [5, 5.41) is 0. The number of carbonyl (C=O) groups excluding carboxylic acids is 2. The molecule has 0 amide bonds. The van der Waals surface area contributed by atoms with E-state index < -0.39 is 0 Å². The van der Waals surface area contributed by atoms with E-state index >= 15 is 0 Å². The third-order valence-corrected chi connectivity index (χ3v) is 11.5. The second-order valence-corrected chi connectivity index (χ2v) is 14.4. The van der Waals surface area contributed by atoms with Crippen LogP contribution in [-0.2, 0) is 14.3 Å². The Labute approximate surface area is 221 Å². The molecule has 4 aliphatic carbocycles. The van der Waals surface area contributed by atoms with E-state index in [2.05, 4.69) is 40.7 Å². The molecule has 0 aromatic carbocycles. The van der Waals surface area contributed by atoms with Gasteiger partial charge in [0.1, 0.15) is 18.3 Å². The predicted molar refractivity (Wildman–Crippen MR) is 147 cm³/mol. The van der Waals surface area contributed by atoms with Gasteiger partial charge in [-0.1, -0.05) is 79.4 Å². The molecule has 0 heterocycles. The van der Waals surface area contributed by atoms with E-state index in [4.69, 9.17) is 4.74 Å². The highest BCUT2D eigenvalue weighted by molar-refractivity contribution is 5.96. The molecule has 4 rings (SSSR count). The van der Waals surface area contributed by atoms with Gasteiger partial charge in [-0.25, -0.2) is 0 Å². The first kappa shape index (κ1) is 27.9. The number of ether oxygens (including phenoxy) is 1. The molecule has 3 fully saturated rings. The number of hydrogen-bond acceptors (Lipinski definition) is 3. The van der Waals surface area contributed by atoms with E-state index in [1.807, 2.05) is 13.8 Å². The standard InChI is InChI=1S/C33H54O3/c1-21(2)9-8-10-23(5)27-13-14-28-26-12-11-24-19-25(36-31(35)20-30(34)22(3)4)15-17-32(24,6)29(26)16-18-33(27,28)7/h11,21-23,25-29H,8-10,12-20H2,1-7H3/t23?,25?,26?,27-,28?,29?,32+,33-/m1/s1. The fraction of sp³-hybridized carbons (Fsp3) is 0.879. The van der Waals surface area contributed by atoms with Gasteiger partial charge in [0, 0.05) is 12.3 Å². The average molecular weight is 499 g/mol. The fourth-order valence-electron chi connectivity index (χ4n) is 9.33. The van der Waals surface area contributed by atoms with E-state index in [1.165, 1.54) is 51.4 Å². The van der Waals surface area contributed by atoms with Crippen LogP contribution in [0, 0.1) is 52.3 Å². The molecular weight excluding hydrogens is 444 g/mol. The molecule has 3 nitrogen and oxygen atoms in total. The minimum absolute atomic E-state index is 0.0188. The van der Waals surface area contributed by atoms with Crippen molar-refractivity contribution in [3.8, 4) is 0 Å². The van der Waals surface area contributed by atoms with E-state index in [1.54, 1.807) is 5.57 Å². The SMILES string of the molecule is CC(C)CCCC(C)[C@H]1CCC2C3CC=C4CC(OC(=O)CC(=O)C(C)C)CC[C@]4(C)C3CC[C@@]21C. The smallest absolute Gasteiger partial charge is 0.313 e. The molecule has 4 aliphatic rings. The molecule has 5 unspecified atom stereocenters. The van der Waals surface area contributed by atoms with Gasteiger partial charge in [-0.05, 0) is 91.3 Å². The lowest BCUT2D eigenvalue weighted by Crippen LogP contribution is -2.51. The zero-order chi connectivity index (χ0) is 26.3. The zero-order valence-electron chi connectivity index (χ0n) is 24.4.